The van der Waals surface area contributed by atoms with Gasteiger partial charge in [-0.1, -0.05) is 26.0 Å². The number of rotatable bonds is 4. The lowest BCUT2D eigenvalue weighted by Gasteiger charge is -2.34. The Balaban J connectivity index is 1.66. The van der Waals surface area contributed by atoms with Gasteiger partial charge in [-0.3, -0.25) is 9.59 Å². The zero-order chi connectivity index (χ0) is 19.4. The molecule has 1 aromatic heterocycles. The summed E-state index contributed by atoms with van der Waals surface area (Å²) in [5.74, 6) is 0.772. The first-order valence-corrected chi connectivity index (χ1v) is 9.19. The predicted molar refractivity (Wildman–Crippen MR) is 105 cm³/mol. The number of piperazine rings is 1. The summed E-state index contributed by atoms with van der Waals surface area (Å²) in [6.45, 7) is 8.42. The van der Waals surface area contributed by atoms with Gasteiger partial charge >= 0.3 is 0 Å². The van der Waals surface area contributed by atoms with Crippen LogP contribution in [0, 0.1) is 0 Å². The van der Waals surface area contributed by atoms with Crippen molar-refractivity contribution < 1.29 is 9.59 Å². The highest BCUT2D eigenvalue weighted by Gasteiger charge is 2.21. The Morgan fingerprint density at radius 2 is 1.70 bits per heavy atom. The van der Waals surface area contributed by atoms with Gasteiger partial charge in [0.05, 0.1) is 0 Å². The molecule has 1 aromatic carbocycles. The monoisotopic (exact) mass is 367 g/mol. The van der Waals surface area contributed by atoms with E-state index >= 15 is 0 Å². The molecular weight excluding hydrogens is 342 g/mol. The Morgan fingerprint density at radius 1 is 1.04 bits per heavy atom. The Bertz CT molecular complexity index is 811. The molecule has 27 heavy (non-hydrogen) atoms. The second-order valence-corrected chi connectivity index (χ2v) is 6.97. The largest absolute Gasteiger partial charge is 0.339 e. The van der Waals surface area contributed by atoms with Crippen molar-refractivity contribution in [2.45, 2.75) is 26.7 Å². The molecule has 0 spiro atoms. The lowest BCUT2D eigenvalue weighted by atomic mass is 10.0. The van der Waals surface area contributed by atoms with E-state index in [0.29, 0.717) is 43.7 Å². The van der Waals surface area contributed by atoms with Crippen LogP contribution in [-0.2, 0) is 4.79 Å². The topological polar surface area (TPSA) is 78.4 Å². The highest BCUT2D eigenvalue weighted by molar-refractivity contribution is 6.02. The molecule has 2 aromatic rings. The van der Waals surface area contributed by atoms with Crippen LogP contribution in [0.3, 0.4) is 0 Å². The maximum atomic E-state index is 12.5. The number of aromatic nitrogens is 2. The molecule has 0 saturated carbocycles. The van der Waals surface area contributed by atoms with E-state index in [2.05, 4.69) is 29.1 Å². The quantitative estimate of drug-likeness (QED) is 0.898. The van der Waals surface area contributed by atoms with E-state index < -0.39 is 0 Å². The first-order chi connectivity index (χ1) is 12.9. The molecule has 2 heterocycles. The van der Waals surface area contributed by atoms with Crippen molar-refractivity contribution in [3.05, 3.63) is 47.8 Å². The summed E-state index contributed by atoms with van der Waals surface area (Å²) < 4.78 is 0. The lowest BCUT2D eigenvalue weighted by Crippen LogP contribution is -2.48. The number of anilines is 2. The molecule has 2 amide bonds. The third-order valence-corrected chi connectivity index (χ3v) is 4.72. The molecule has 3 rings (SSSR count). The molecule has 7 nitrogen and oxygen atoms in total. The van der Waals surface area contributed by atoms with Gasteiger partial charge in [-0.2, -0.15) is 0 Å². The number of benzene rings is 1. The van der Waals surface area contributed by atoms with Crippen molar-refractivity contribution in [1.29, 1.82) is 0 Å². The van der Waals surface area contributed by atoms with Gasteiger partial charge in [0.2, 0.25) is 11.9 Å². The average Bonchev–Trinajstić information content (AvgIpc) is 2.68. The van der Waals surface area contributed by atoms with E-state index in [9.17, 15) is 9.59 Å². The van der Waals surface area contributed by atoms with Gasteiger partial charge in [0.15, 0.2) is 0 Å². The molecular formula is C20H25N5O2. The zero-order valence-electron chi connectivity index (χ0n) is 16.0. The second-order valence-electron chi connectivity index (χ2n) is 6.97. The highest BCUT2D eigenvalue weighted by Crippen LogP contribution is 2.18. The molecule has 0 bridgehead atoms. The zero-order valence-corrected chi connectivity index (χ0v) is 16.0. The van der Waals surface area contributed by atoms with Crippen LogP contribution >= 0.6 is 0 Å². The first kappa shape index (κ1) is 18.8. The van der Waals surface area contributed by atoms with Crippen LogP contribution < -0.4 is 10.2 Å². The summed E-state index contributed by atoms with van der Waals surface area (Å²) in [5.41, 5.74) is 2.28. The number of carbonyl (C=O) groups excluding carboxylic acids is 2. The normalized spacial score (nSPS) is 14.4. The van der Waals surface area contributed by atoms with Crippen molar-refractivity contribution in [2.75, 3.05) is 36.4 Å². The number of nitrogens with zero attached hydrogens (tertiary/aromatic N) is 4. The van der Waals surface area contributed by atoms with Crippen molar-refractivity contribution in [1.82, 2.24) is 14.9 Å². The van der Waals surface area contributed by atoms with Crippen LogP contribution in [0.2, 0.25) is 0 Å². The van der Waals surface area contributed by atoms with Crippen LogP contribution in [0.5, 0.6) is 0 Å². The Kier molecular flexibility index (Phi) is 5.69. The standard InChI is InChI=1S/C20H25N5O2/c1-14(2)16-4-6-17(7-5-16)22-19(27)18-8-9-21-20(23-18)25-12-10-24(11-13-25)15(3)26/h4-9,14H,10-13H2,1-3H3,(H,22,27). The molecule has 1 saturated heterocycles. The number of carbonyl (C=O) groups is 2. The Labute approximate surface area is 159 Å². The summed E-state index contributed by atoms with van der Waals surface area (Å²) >= 11 is 0. The van der Waals surface area contributed by atoms with Gasteiger partial charge in [-0.05, 0) is 29.7 Å². The third kappa shape index (κ3) is 4.61. The van der Waals surface area contributed by atoms with Crippen LogP contribution in [0.15, 0.2) is 36.5 Å². The van der Waals surface area contributed by atoms with Crippen molar-refractivity contribution in [2.24, 2.45) is 0 Å². The highest BCUT2D eigenvalue weighted by atomic mass is 16.2. The fourth-order valence-corrected chi connectivity index (χ4v) is 3.00. The van der Waals surface area contributed by atoms with Gasteiger partial charge in [-0.25, -0.2) is 9.97 Å². The van der Waals surface area contributed by atoms with E-state index in [1.807, 2.05) is 29.2 Å². The second kappa shape index (κ2) is 8.16. The number of hydrogen-bond donors (Lipinski definition) is 1. The summed E-state index contributed by atoms with van der Waals surface area (Å²) in [4.78, 5) is 36.5. The minimum absolute atomic E-state index is 0.0761. The molecule has 0 unspecified atom stereocenters. The fraction of sp³-hybridized carbons (Fsp3) is 0.400. The summed E-state index contributed by atoms with van der Waals surface area (Å²) in [7, 11) is 0. The van der Waals surface area contributed by atoms with Crippen LogP contribution in [0.4, 0.5) is 11.6 Å². The minimum atomic E-state index is -0.265. The molecule has 142 valence electrons. The van der Waals surface area contributed by atoms with Crippen molar-refractivity contribution >= 4 is 23.5 Å². The molecule has 0 radical (unpaired) electrons. The molecule has 0 atom stereocenters. The maximum Gasteiger partial charge on any atom is 0.274 e. The first-order valence-electron chi connectivity index (χ1n) is 9.19. The summed E-state index contributed by atoms with van der Waals surface area (Å²) in [6, 6.07) is 9.43. The number of hydrogen-bond acceptors (Lipinski definition) is 5. The summed E-state index contributed by atoms with van der Waals surface area (Å²) in [6.07, 6.45) is 1.59. The van der Waals surface area contributed by atoms with Crippen LogP contribution in [-0.4, -0.2) is 52.9 Å². The van der Waals surface area contributed by atoms with E-state index in [1.54, 1.807) is 24.1 Å². The number of nitrogens with one attached hydrogen (secondary N) is 1. The van der Waals surface area contributed by atoms with E-state index in [1.165, 1.54) is 5.56 Å². The van der Waals surface area contributed by atoms with Crippen LogP contribution in [0.1, 0.15) is 42.7 Å². The predicted octanol–water partition coefficient (Wildman–Crippen LogP) is 2.52. The molecule has 1 fully saturated rings. The third-order valence-electron chi connectivity index (χ3n) is 4.72. The Hall–Kier alpha value is -2.96. The van der Waals surface area contributed by atoms with Gasteiger partial charge in [0.25, 0.3) is 5.91 Å². The van der Waals surface area contributed by atoms with Gasteiger partial charge in [0, 0.05) is 45.0 Å². The average molecular weight is 367 g/mol. The molecule has 1 N–H and O–H groups in total. The van der Waals surface area contributed by atoms with Gasteiger partial charge in [0.1, 0.15) is 5.69 Å². The number of amides is 2. The summed E-state index contributed by atoms with van der Waals surface area (Å²) in [5, 5.41) is 2.88. The minimum Gasteiger partial charge on any atom is -0.339 e. The SMILES string of the molecule is CC(=O)N1CCN(c2nccc(C(=O)Nc3ccc(C(C)C)cc3)n2)CC1. The lowest BCUT2D eigenvalue weighted by molar-refractivity contribution is -0.129. The molecule has 7 heteroatoms. The van der Waals surface area contributed by atoms with E-state index in [0.717, 1.165) is 5.69 Å². The Morgan fingerprint density at radius 3 is 2.30 bits per heavy atom. The molecule has 1 aliphatic rings. The van der Waals surface area contributed by atoms with Crippen molar-refractivity contribution in [3.8, 4) is 0 Å². The van der Waals surface area contributed by atoms with E-state index in [4.69, 9.17) is 0 Å². The maximum absolute atomic E-state index is 12.5. The van der Waals surface area contributed by atoms with Crippen molar-refractivity contribution in [3.63, 3.8) is 0 Å². The van der Waals surface area contributed by atoms with Gasteiger partial charge in [-0.15, -0.1) is 0 Å². The van der Waals surface area contributed by atoms with Crippen LogP contribution in [0.25, 0.3) is 0 Å². The molecule has 1 aliphatic heterocycles. The smallest absolute Gasteiger partial charge is 0.274 e. The van der Waals surface area contributed by atoms with E-state index in [-0.39, 0.29) is 11.8 Å². The fourth-order valence-electron chi connectivity index (χ4n) is 3.00. The van der Waals surface area contributed by atoms with Gasteiger partial charge < -0.3 is 15.1 Å². The molecule has 0 aliphatic carbocycles.